The highest BCUT2D eigenvalue weighted by molar-refractivity contribution is 5.85. The molecule has 96 valence electrons. The number of nitrogens with zero attached hydrogens (tertiary/aromatic N) is 1. The van der Waals surface area contributed by atoms with Gasteiger partial charge < -0.3 is 15.4 Å². The van der Waals surface area contributed by atoms with Crippen molar-refractivity contribution >= 4 is 18.3 Å². The Hall–Kier alpha value is -0.320. The fourth-order valence-electron chi connectivity index (χ4n) is 1.78. The lowest BCUT2D eigenvalue weighted by Crippen LogP contribution is -2.45. The van der Waals surface area contributed by atoms with E-state index in [1.807, 2.05) is 20.9 Å². The van der Waals surface area contributed by atoms with Crippen LogP contribution in [0.3, 0.4) is 0 Å². The van der Waals surface area contributed by atoms with E-state index in [1.165, 1.54) is 0 Å². The van der Waals surface area contributed by atoms with Gasteiger partial charge in [-0.05, 0) is 26.7 Å². The molecule has 0 saturated carbocycles. The zero-order valence-electron chi connectivity index (χ0n) is 10.4. The van der Waals surface area contributed by atoms with Gasteiger partial charge in [-0.3, -0.25) is 4.79 Å². The molecule has 2 N–H and O–H groups in total. The van der Waals surface area contributed by atoms with Crippen molar-refractivity contribution in [2.45, 2.75) is 32.8 Å². The lowest BCUT2D eigenvalue weighted by Gasteiger charge is -2.29. The van der Waals surface area contributed by atoms with Gasteiger partial charge in [-0.15, -0.1) is 12.4 Å². The molecule has 1 amide bonds. The van der Waals surface area contributed by atoms with Crippen LogP contribution in [0.5, 0.6) is 0 Å². The molecular formula is C11H23ClN2O2. The van der Waals surface area contributed by atoms with Crippen LogP contribution >= 0.6 is 12.4 Å². The molecule has 16 heavy (non-hydrogen) atoms. The van der Waals surface area contributed by atoms with Crippen LogP contribution in [0, 0.1) is 5.41 Å². The largest absolute Gasteiger partial charge is 0.376 e. The molecule has 1 fully saturated rings. The molecule has 1 rings (SSSR count). The average Bonchev–Trinajstić information content (AvgIpc) is 2.69. The van der Waals surface area contributed by atoms with Crippen LogP contribution in [0.1, 0.15) is 26.7 Å². The molecule has 1 atom stereocenters. The number of hydrogen-bond donors (Lipinski definition) is 1. The van der Waals surface area contributed by atoms with Gasteiger partial charge in [0.25, 0.3) is 0 Å². The number of carbonyl (C=O) groups excluding carboxylic acids is 1. The van der Waals surface area contributed by atoms with Gasteiger partial charge in [-0.1, -0.05) is 0 Å². The van der Waals surface area contributed by atoms with Crippen LogP contribution < -0.4 is 5.73 Å². The summed E-state index contributed by atoms with van der Waals surface area (Å²) in [5, 5.41) is 0. The Kier molecular flexibility index (Phi) is 6.30. The van der Waals surface area contributed by atoms with Gasteiger partial charge in [0.1, 0.15) is 0 Å². The van der Waals surface area contributed by atoms with Crippen molar-refractivity contribution in [1.82, 2.24) is 4.90 Å². The van der Waals surface area contributed by atoms with Gasteiger partial charge in [0.2, 0.25) is 5.91 Å². The van der Waals surface area contributed by atoms with Crippen LogP contribution in [0.25, 0.3) is 0 Å². The standard InChI is InChI=1S/C11H22N2O2.ClH/c1-11(2,8-12)10(14)13(3)7-9-5-4-6-15-9;/h9H,4-8,12H2,1-3H3;1H. The van der Waals surface area contributed by atoms with E-state index in [-0.39, 0.29) is 24.4 Å². The molecule has 0 radical (unpaired) electrons. The van der Waals surface area contributed by atoms with Crippen molar-refractivity contribution in [3.8, 4) is 0 Å². The highest BCUT2D eigenvalue weighted by Gasteiger charge is 2.30. The Labute approximate surface area is 104 Å². The van der Waals surface area contributed by atoms with E-state index < -0.39 is 5.41 Å². The molecule has 0 bridgehead atoms. The first kappa shape index (κ1) is 15.7. The fraction of sp³-hybridized carbons (Fsp3) is 0.909. The van der Waals surface area contributed by atoms with E-state index in [0.717, 1.165) is 19.4 Å². The van der Waals surface area contributed by atoms with Gasteiger partial charge >= 0.3 is 0 Å². The third kappa shape index (κ3) is 3.92. The van der Waals surface area contributed by atoms with Crippen LogP contribution in [0.15, 0.2) is 0 Å². The van der Waals surface area contributed by atoms with E-state index in [0.29, 0.717) is 13.1 Å². The average molecular weight is 251 g/mol. The zero-order valence-corrected chi connectivity index (χ0v) is 11.2. The number of likely N-dealkylation sites (N-methyl/N-ethyl adjacent to an activating group) is 1. The lowest BCUT2D eigenvalue weighted by atomic mass is 9.92. The minimum Gasteiger partial charge on any atom is -0.376 e. The van der Waals surface area contributed by atoms with Crippen molar-refractivity contribution in [3.63, 3.8) is 0 Å². The Morgan fingerprint density at radius 1 is 1.56 bits per heavy atom. The van der Waals surface area contributed by atoms with Gasteiger partial charge in [0.15, 0.2) is 0 Å². The molecule has 5 heteroatoms. The molecule has 4 nitrogen and oxygen atoms in total. The molecule has 1 aliphatic heterocycles. The molecule has 1 saturated heterocycles. The third-order valence-corrected chi connectivity index (χ3v) is 2.94. The summed E-state index contributed by atoms with van der Waals surface area (Å²) in [6, 6.07) is 0. The van der Waals surface area contributed by atoms with E-state index in [4.69, 9.17) is 10.5 Å². The highest BCUT2D eigenvalue weighted by atomic mass is 35.5. The predicted molar refractivity (Wildman–Crippen MR) is 66.7 cm³/mol. The summed E-state index contributed by atoms with van der Waals surface area (Å²) in [5.41, 5.74) is 5.11. The summed E-state index contributed by atoms with van der Waals surface area (Å²) in [5.74, 6) is 0.0977. The predicted octanol–water partition coefficient (Wildman–Crippen LogP) is 1.03. The van der Waals surface area contributed by atoms with Gasteiger partial charge in [0, 0.05) is 26.7 Å². The molecule has 0 aliphatic carbocycles. The topological polar surface area (TPSA) is 55.6 Å². The number of amides is 1. The number of halogens is 1. The highest BCUT2D eigenvalue weighted by Crippen LogP contribution is 2.18. The van der Waals surface area contributed by atoms with Crippen LogP contribution in [0.4, 0.5) is 0 Å². The maximum absolute atomic E-state index is 12.0. The molecule has 0 spiro atoms. The number of carbonyl (C=O) groups is 1. The second kappa shape index (κ2) is 6.42. The minimum absolute atomic E-state index is 0. The van der Waals surface area contributed by atoms with Gasteiger partial charge in [0.05, 0.1) is 11.5 Å². The van der Waals surface area contributed by atoms with E-state index in [9.17, 15) is 4.79 Å². The lowest BCUT2D eigenvalue weighted by molar-refractivity contribution is -0.139. The third-order valence-electron chi connectivity index (χ3n) is 2.94. The van der Waals surface area contributed by atoms with Crippen molar-refractivity contribution in [3.05, 3.63) is 0 Å². The second-order valence-corrected chi connectivity index (χ2v) is 4.91. The molecule has 0 aromatic heterocycles. The van der Waals surface area contributed by atoms with Gasteiger partial charge in [-0.25, -0.2) is 0 Å². The Morgan fingerprint density at radius 3 is 2.62 bits per heavy atom. The minimum atomic E-state index is -0.465. The van der Waals surface area contributed by atoms with E-state index in [2.05, 4.69) is 0 Å². The molecule has 0 aromatic rings. The zero-order chi connectivity index (χ0) is 11.5. The quantitative estimate of drug-likeness (QED) is 0.811. The molecule has 0 aromatic carbocycles. The molecule has 1 aliphatic rings. The van der Waals surface area contributed by atoms with Crippen molar-refractivity contribution in [2.24, 2.45) is 11.1 Å². The summed E-state index contributed by atoms with van der Waals surface area (Å²) in [6.45, 7) is 5.64. The molecule has 1 unspecified atom stereocenters. The summed E-state index contributed by atoms with van der Waals surface area (Å²) >= 11 is 0. The summed E-state index contributed by atoms with van der Waals surface area (Å²) in [7, 11) is 1.82. The second-order valence-electron chi connectivity index (χ2n) is 4.91. The van der Waals surface area contributed by atoms with Crippen LogP contribution in [0.2, 0.25) is 0 Å². The van der Waals surface area contributed by atoms with Crippen molar-refractivity contribution in [2.75, 3.05) is 26.7 Å². The Bertz CT molecular complexity index is 228. The first-order valence-corrected chi connectivity index (χ1v) is 5.54. The van der Waals surface area contributed by atoms with E-state index >= 15 is 0 Å². The summed E-state index contributed by atoms with van der Waals surface area (Å²) < 4.78 is 5.49. The van der Waals surface area contributed by atoms with Crippen LogP contribution in [-0.4, -0.2) is 43.7 Å². The number of ether oxygens (including phenoxy) is 1. The monoisotopic (exact) mass is 250 g/mol. The number of hydrogen-bond acceptors (Lipinski definition) is 3. The Morgan fingerprint density at radius 2 is 2.19 bits per heavy atom. The first-order valence-electron chi connectivity index (χ1n) is 5.54. The maximum atomic E-state index is 12.0. The Balaban J connectivity index is 0.00000225. The van der Waals surface area contributed by atoms with Crippen molar-refractivity contribution in [1.29, 1.82) is 0 Å². The summed E-state index contributed by atoms with van der Waals surface area (Å²) in [4.78, 5) is 13.7. The smallest absolute Gasteiger partial charge is 0.229 e. The number of nitrogens with two attached hydrogens (primary N) is 1. The van der Waals surface area contributed by atoms with E-state index in [1.54, 1.807) is 4.90 Å². The molecule has 1 heterocycles. The van der Waals surface area contributed by atoms with Crippen molar-refractivity contribution < 1.29 is 9.53 Å². The number of rotatable bonds is 4. The van der Waals surface area contributed by atoms with Crippen LogP contribution in [-0.2, 0) is 9.53 Å². The fourth-order valence-corrected chi connectivity index (χ4v) is 1.78. The first-order chi connectivity index (χ1) is 6.97. The maximum Gasteiger partial charge on any atom is 0.229 e. The normalized spacial score (nSPS) is 20.4. The molecular weight excluding hydrogens is 228 g/mol. The summed E-state index contributed by atoms with van der Waals surface area (Å²) in [6.07, 6.45) is 2.38. The SMILES string of the molecule is CN(CC1CCCO1)C(=O)C(C)(C)CN.Cl. The van der Waals surface area contributed by atoms with Gasteiger partial charge in [-0.2, -0.15) is 0 Å².